The summed E-state index contributed by atoms with van der Waals surface area (Å²) in [7, 11) is 1.60. The summed E-state index contributed by atoms with van der Waals surface area (Å²) < 4.78 is 5.13. The first-order chi connectivity index (χ1) is 8.52. The van der Waals surface area contributed by atoms with Gasteiger partial charge in [-0.2, -0.15) is 0 Å². The maximum Gasteiger partial charge on any atom is 0.306 e. The zero-order valence-electron chi connectivity index (χ0n) is 10.6. The van der Waals surface area contributed by atoms with Crippen LogP contribution in [0.4, 0.5) is 0 Å². The van der Waals surface area contributed by atoms with Crippen LogP contribution in [-0.4, -0.2) is 35.9 Å². The lowest BCUT2D eigenvalue weighted by Crippen LogP contribution is -2.30. The first-order valence-corrected chi connectivity index (χ1v) is 5.80. The molecule has 0 fully saturated rings. The summed E-state index contributed by atoms with van der Waals surface area (Å²) >= 11 is 0. The van der Waals surface area contributed by atoms with E-state index in [1.54, 1.807) is 7.11 Å². The highest BCUT2D eigenvalue weighted by atomic mass is 16.5. The van der Waals surface area contributed by atoms with Crippen LogP contribution >= 0.6 is 0 Å². The van der Waals surface area contributed by atoms with Gasteiger partial charge in [-0.25, -0.2) is 0 Å². The van der Waals surface area contributed by atoms with Crippen LogP contribution in [-0.2, 0) is 4.79 Å². The van der Waals surface area contributed by atoms with E-state index < -0.39 is 12.1 Å². The normalized spacial score (nSPS) is 13.9. The zero-order valence-corrected chi connectivity index (χ0v) is 10.6. The van der Waals surface area contributed by atoms with E-state index in [0.717, 1.165) is 11.3 Å². The molecule has 0 amide bonds. The van der Waals surface area contributed by atoms with E-state index in [1.165, 1.54) is 0 Å². The van der Waals surface area contributed by atoms with E-state index in [1.807, 2.05) is 31.2 Å². The SMILES string of the molecule is COc1cccc([C@H](C)NCC(O)CC(=O)O)c1. The number of hydrogen-bond acceptors (Lipinski definition) is 4. The lowest BCUT2D eigenvalue weighted by Gasteiger charge is -2.17. The Labute approximate surface area is 106 Å². The Hall–Kier alpha value is -1.59. The van der Waals surface area contributed by atoms with Gasteiger partial charge in [0.05, 0.1) is 19.6 Å². The molecule has 0 aliphatic heterocycles. The van der Waals surface area contributed by atoms with Gasteiger partial charge in [-0.3, -0.25) is 4.79 Å². The number of carboxylic acids is 1. The number of methoxy groups -OCH3 is 1. The number of ether oxygens (including phenoxy) is 1. The Kier molecular flexibility index (Phi) is 5.61. The summed E-state index contributed by atoms with van der Waals surface area (Å²) in [6, 6.07) is 7.61. The molecule has 2 atom stereocenters. The third-order valence-corrected chi connectivity index (χ3v) is 2.66. The van der Waals surface area contributed by atoms with Gasteiger partial charge in [0.25, 0.3) is 0 Å². The largest absolute Gasteiger partial charge is 0.497 e. The fraction of sp³-hybridized carbons (Fsp3) is 0.462. The predicted octanol–water partition coefficient (Wildman–Crippen LogP) is 1.18. The van der Waals surface area contributed by atoms with Crippen LogP contribution in [0.2, 0.25) is 0 Å². The zero-order chi connectivity index (χ0) is 13.5. The maximum absolute atomic E-state index is 10.4. The standard InChI is InChI=1S/C13H19NO4/c1-9(14-8-11(15)7-13(16)17)10-4-3-5-12(6-10)18-2/h3-6,9,11,14-15H,7-8H2,1-2H3,(H,16,17)/t9-,11?/m0/s1. The fourth-order valence-corrected chi connectivity index (χ4v) is 1.62. The molecule has 0 aromatic heterocycles. The van der Waals surface area contributed by atoms with Crippen molar-refractivity contribution < 1.29 is 19.7 Å². The number of rotatable bonds is 7. The van der Waals surface area contributed by atoms with Crippen molar-refractivity contribution >= 4 is 5.97 Å². The van der Waals surface area contributed by atoms with E-state index in [9.17, 15) is 9.90 Å². The number of aliphatic carboxylic acids is 1. The monoisotopic (exact) mass is 253 g/mol. The van der Waals surface area contributed by atoms with E-state index in [4.69, 9.17) is 9.84 Å². The van der Waals surface area contributed by atoms with Crippen molar-refractivity contribution in [1.29, 1.82) is 0 Å². The molecule has 5 heteroatoms. The summed E-state index contributed by atoms with van der Waals surface area (Å²) in [5.74, 6) is -0.231. The summed E-state index contributed by atoms with van der Waals surface area (Å²) in [5, 5.41) is 21.1. The Bertz CT molecular complexity index is 394. The van der Waals surface area contributed by atoms with Crippen LogP contribution in [0.15, 0.2) is 24.3 Å². The third kappa shape index (κ3) is 4.73. The Balaban J connectivity index is 2.49. The highest BCUT2D eigenvalue weighted by molar-refractivity contribution is 5.67. The number of hydrogen-bond donors (Lipinski definition) is 3. The first kappa shape index (κ1) is 14.5. The molecule has 0 heterocycles. The Morgan fingerprint density at radius 3 is 2.83 bits per heavy atom. The number of aliphatic hydroxyl groups is 1. The van der Waals surface area contributed by atoms with E-state index in [-0.39, 0.29) is 19.0 Å². The van der Waals surface area contributed by atoms with Crippen molar-refractivity contribution in [2.75, 3.05) is 13.7 Å². The van der Waals surface area contributed by atoms with Crippen LogP contribution in [0.25, 0.3) is 0 Å². The molecule has 0 saturated heterocycles. The van der Waals surface area contributed by atoms with Gasteiger partial charge < -0.3 is 20.3 Å². The summed E-state index contributed by atoms with van der Waals surface area (Å²) in [6.07, 6.45) is -1.13. The second-order valence-corrected chi connectivity index (χ2v) is 4.16. The van der Waals surface area contributed by atoms with Crippen molar-refractivity contribution in [3.8, 4) is 5.75 Å². The number of aliphatic hydroxyl groups excluding tert-OH is 1. The van der Waals surface area contributed by atoms with Gasteiger partial charge in [0.15, 0.2) is 0 Å². The lowest BCUT2D eigenvalue weighted by molar-refractivity contribution is -0.139. The van der Waals surface area contributed by atoms with Crippen LogP contribution in [0.3, 0.4) is 0 Å². The molecule has 0 radical (unpaired) electrons. The number of nitrogens with one attached hydrogen (secondary N) is 1. The molecule has 0 saturated carbocycles. The highest BCUT2D eigenvalue weighted by Crippen LogP contribution is 2.18. The van der Waals surface area contributed by atoms with Crippen molar-refractivity contribution in [1.82, 2.24) is 5.32 Å². The molecule has 0 bridgehead atoms. The molecule has 1 aromatic carbocycles. The van der Waals surface area contributed by atoms with E-state index in [2.05, 4.69) is 5.32 Å². The topological polar surface area (TPSA) is 78.8 Å². The molecule has 0 aliphatic rings. The van der Waals surface area contributed by atoms with E-state index in [0.29, 0.717) is 0 Å². The molecule has 1 aromatic rings. The summed E-state index contributed by atoms with van der Waals surface area (Å²) in [6.45, 7) is 2.19. The molecular formula is C13H19NO4. The highest BCUT2D eigenvalue weighted by Gasteiger charge is 2.12. The average molecular weight is 253 g/mol. The quantitative estimate of drug-likeness (QED) is 0.680. The van der Waals surface area contributed by atoms with Crippen LogP contribution in [0, 0.1) is 0 Å². The number of carboxylic acid groups (broad SMARTS) is 1. The van der Waals surface area contributed by atoms with Crippen LogP contribution in [0.5, 0.6) is 5.75 Å². The van der Waals surface area contributed by atoms with Gasteiger partial charge in [-0.1, -0.05) is 12.1 Å². The molecule has 5 nitrogen and oxygen atoms in total. The molecule has 100 valence electrons. The maximum atomic E-state index is 10.4. The molecule has 0 aliphatic carbocycles. The van der Waals surface area contributed by atoms with Gasteiger partial charge >= 0.3 is 5.97 Å². The Morgan fingerprint density at radius 1 is 1.50 bits per heavy atom. The molecule has 1 rings (SSSR count). The molecule has 0 spiro atoms. The van der Waals surface area contributed by atoms with E-state index >= 15 is 0 Å². The lowest BCUT2D eigenvalue weighted by atomic mass is 10.1. The van der Waals surface area contributed by atoms with Gasteiger partial charge in [0.1, 0.15) is 5.75 Å². The minimum absolute atomic E-state index is 0.0172. The van der Waals surface area contributed by atoms with Gasteiger partial charge in [0.2, 0.25) is 0 Å². The average Bonchev–Trinajstić information content (AvgIpc) is 2.35. The molecular weight excluding hydrogens is 234 g/mol. The number of carbonyl (C=O) groups is 1. The van der Waals surface area contributed by atoms with Crippen LogP contribution < -0.4 is 10.1 Å². The summed E-state index contributed by atoms with van der Waals surface area (Å²) in [4.78, 5) is 10.4. The van der Waals surface area contributed by atoms with Crippen molar-refractivity contribution in [3.05, 3.63) is 29.8 Å². The first-order valence-electron chi connectivity index (χ1n) is 5.80. The minimum Gasteiger partial charge on any atom is -0.497 e. The van der Waals surface area contributed by atoms with Gasteiger partial charge in [-0.05, 0) is 24.6 Å². The van der Waals surface area contributed by atoms with Crippen molar-refractivity contribution in [2.24, 2.45) is 0 Å². The van der Waals surface area contributed by atoms with Crippen molar-refractivity contribution in [3.63, 3.8) is 0 Å². The smallest absolute Gasteiger partial charge is 0.306 e. The third-order valence-electron chi connectivity index (χ3n) is 2.66. The summed E-state index contributed by atoms with van der Waals surface area (Å²) in [5.41, 5.74) is 1.02. The van der Waals surface area contributed by atoms with Gasteiger partial charge in [0, 0.05) is 12.6 Å². The molecule has 3 N–H and O–H groups in total. The van der Waals surface area contributed by atoms with Crippen molar-refractivity contribution in [2.45, 2.75) is 25.5 Å². The molecule has 18 heavy (non-hydrogen) atoms. The number of benzene rings is 1. The molecule has 1 unspecified atom stereocenters. The minimum atomic E-state index is -1.00. The second-order valence-electron chi connectivity index (χ2n) is 4.16. The Morgan fingerprint density at radius 2 is 2.22 bits per heavy atom. The second kappa shape index (κ2) is 6.98. The van der Waals surface area contributed by atoms with Gasteiger partial charge in [-0.15, -0.1) is 0 Å². The van der Waals surface area contributed by atoms with Crippen LogP contribution in [0.1, 0.15) is 24.9 Å². The fourth-order valence-electron chi connectivity index (χ4n) is 1.62. The predicted molar refractivity (Wildman–Crippen MR) is 67.7 cm³/mol.